The zero-order valence-electron chi connectivity index (χ0n) is 12.3. The van der Waals surface area contributed by atoms with Gasteiger partial charge in [0.1, 0.15) is 0 Å². The van der Waals surface area contributed by atoms with E-state index in [-0.39, 0.29) is 11.9 Å². The first kappa shape index (κ1) is 15.6. The van der Waals surface area contributed by atoms with Gasteiger partial charge in [0.15, 0.2) is 0 Å². The van der Waals surface area contributed by atoms with Crippen molar-refractivity contribution in [1.82, 2.24) is 5.32 Å². The molecule has 118 valence electrons. The van der Waals surface area contributed by atoms with Gasteiger partial charge in [-0.1, -0.05) is 28.1 Å². The number of urea groups is 1. The van der Waals surface area contributed by atoms with E-state index in [9.17, 15) is 9.59 Å². The third-order valence-corrected chi connectivity index (χ3v) is 4.32. The highest BCUT2D eigenvalue weighted by Crippen LogP contribution is 2.25. The minimum Gasteiger partial charge on any atom is -0.351 e. The second kappa shape index (κ2) is 6.42. The third kappa shape index (κ3) is 3.71. The van der Waals surface area contributed by atoms with E-state index in [1.54, 1.807) is 24.3 Å². The average Bonchev–Trinajstić information content (AvgIpc) is 2.88. The van der Waals surface area contributed by atoms with Crippen molar-refractivity contribution in [2.24, 2.45) is 5.73 Å². The molecule has 6 heteroatoms. The molecule has 3 rings (SSSR count). The first-order chi connectivity index (χ1) is 11.0. The summed E-state index contributed by atoms with van der Waals surface area (Å²) in [6.07, 6.45) is 1.65. The van der Waals surface area contributed by atoms with Crippen LogP contribution in [0.4, 0.5) is 10.5 Å². The van der Waals surface area contributed by atoms with Crippen LogP contribution < -0.4 is 16.4 Å². The predicted octanol–water partition coefficient (Wildman–Crippen LogP) is 2.84. The summed E-state index contributed by atoms with van der Waals surface area (Å²) in [4.78, 5) is 23.3. The van der Waals surface area contributed by atoms with Gasteiger partial charge in [-0.15, -0.1) is 0 Å². The van der Waals surface area contributed by atoms with Crippen molar-refractivity contribution in [2.45, 2.75) is 18.9 Å². The van der Waals surface area contributed by atoms with Gasteiger partial charge in [-0.3, -0.25) is 4.79 Å². The monoisotopic (exact) mass is 373 g/mol. The molecule has 0 heterocycles. The van der Waals surface area contributed by atoms with Crippen molar-refractivity contribution < 1.29 is 9.59 Å². The van der Waals surface area contributed by atoms with Gasteiger partial charge in [-0.05, 0) is 54.3 Å². The van der Waals surface area contributed by atoms with Crippen molar-refractivity contribution in [3.63, 3.8) is 0 Å². The summed E-state index contributed by atoms with van der Waals surface area (Å²) < 4.78 is 1.05. The summed E-state index contributed by atoms with van der Waals surface area (Å²) >= 11 is 3.47. The number of halogens is 1. The van der Waals surface area contributed by atoms with E-state index < -0.39 is 6.03 Å². The summed E-state index contributed by atoms with van der Waals surface area (Å²) in [7, 11) is 0. The molecule has 2 aromatic carbocycles. The maximum Gasteiger partial charge on any atom is 0.316 e. The van der Waals surface area contributed by atoms with Gasteiger partial charge < -0.3 is 16.4 Å². The Labute approximate surface area is 142 Å². The molecule has 1 aliphatic carbocycles. The Hall–Kier alpha value is -2.34. The van der Waals surface area contributed by atoms with Crippen LogP contribution in [-0.4, -0.2) is 18.0 Å². The summed E-state index contributed by atoms with van der Waals surface area (Å²) in [5.41, 5.74) is 8.61. The molecule has 0 spiro atoms. The number of anilines is 1. The molecule has 0 radical (unpaired) electrons. The minimum absolute atomic E-state index is 0.0829. The molecule has 4 N–H and O–H groups in total. The molecule has 5 nitrogen and oxygen atoms in total. The third-order valence-electron chi connectivity index (χ3n) is 3.83. The number of benzene rings is 2. The molecular weight excluding hydrogens is 358 g/mol. The Bertz CT molecular complexity index is 776. The highest BCUT2D eigenvalue weighted by molar-refractivity contribution is 9.10. The van der Waals surface area contributed by atoms with E-state index in [1.165, 1.54) is 11.1 Å². The van der Waals surface area contributed by atoms with Crippen molar-refractivity contribution in [2.75, 3.05) is 5.32 Å². The topological polar surface area (TPSA) is 84.2 Å². The average molecular weight is 374 g/mol. The Morgan fingerprint density at radius 3 is 2.65 bits per heavy atom. The van der Waals surface area contributed by atoms with E-state index in [0.29, 0.717) is 11.3 Å². The fourth-order valence-electron chi connectivity index (χ4n) is 2.84. The van der Waals surface area contributed by atoms with Crippen LogP contribution in [0.15, 0.2) is 46.9 Å². The van der Waals surface area contributed by atoms with Crippen LogP contribution in [0, 0.1) is 0 Å². The maximum absolute atomic E-state index is 12.4. The van der Waals surface area contributed by atoms with E-state index in [2.05, 4.69) is 38.7 Å². The Kier molecular flexibility index (Phi) is 4.34. The van der Waals surface area contributed by atoms with Gasteiger partial charge in [0.05, 0.1) is 0 Å². The fraction of sp³-hybridized carbons (Fsp3) is 0.176. The van der Waals surface area contributed by atoms with Crippen LogP contribution in [-0.2, 0) is 12.8 Å². The lowest BCUT2D eigenvalue weighted by Crippen LogP contribution is -2.35. The van der Waals surface area contributed by atoms with Gasteiger partial charge in [0, 0.05) is 21.8 Å². The van der Waals surface area contributed by atoms with Crippen LogP contribution in [0.5, 0.6) is 0 Å². The van der Waals surface area contributed by atoms with Gasteiger partial charge in [-0.2, -0.15) is 0 Å². The Morgan fingerprint density at radius 1 is 1.09 bits per heavy atom. The highest BCUT2D eigenvalue weighted by atomic mass is 79.9. The molecular formula is C17H16BrN3O2. The molecule has 2 aromatic rings. The number of primary amides is 1. The van der Waals surface area contributed by atoms with E-state index in [4.69, 9.17) is 5.73 Å². The lowest BCUT2D eigenvalue weighted by Gasteiger charge is -2.12. The lowest BCUT2D eigenvalue weighted by atomic mass is 10.1. The second-order valence-electron chi connectivity index (χ2n) is 5.56. The van der Waals surface area contributed by atoms with Gasteiger partial charge in [-0.25, -0.2) is 4.79 Å². The number of rotatable bonds is 3. The summed E-state index contributed by atoms with van der Waals surface area (Å²) in [5, 5.41) is 5.51. The quantitative estimate of drug-likeness (QED) is 0.772. The predicted molar refractivity (Wildman–Crippen MR) is 92.5 cm³/mol. The Balaban J connectivity index is 1.67. The molecule has 3 amide bonds. The number of nitrogens with one attached hydrogen (secondary N) is 2. The molecule has 0 aliphatic heterocycles. The molecule has 23 heavy (non-hydrogen) atoms. The smallest absolute Gasteiger partial charge is 0.316 e. The van der Waals surface area contributed by atoms with Crippen molar-refractivity contribution in [1.29, 1.82) is 0 Å². The fourth-order valence-corrected chi connectivity index (χ4v) is 3.25. The van der Waals surface area contributed by atoms with E-state index in [1.807, 2.05) is 6.07 Å². The second-order valence-corrected chi connectivity index (χ2v) is 6.48. The van der Waals surface area contributed by atoms with Gasteiger partial charge >= 0.3 is 6.03 Å². The van der Waals surface area contributed by atoms with Crippen molar-refractivity contribution >= 4 is 33.6 Å². The van der Waals surface area contributed by atoms with Crippen molar-refractivity contribution in [3.05, 3.63) is 63.6 Å². The van der Waals surface area contributed by atoms with Gasteiger partial charge in [0.2, 0.25) is 0 Å². The molecule has 0 aromatic heterocycles. The van der Waals surface area contributed by atoms with E-state index >= 15 is 0 Å². The summed E-state index contributed by atoms with van der Waals surface area (Å²) in [5.74, 6) is -0.157. The lowest BCUT2D eigenvalue weighted by molar-refractivity contribution is 0.0938. The highest BCUT2D eigenvalue weighted by Gasteiger charge is 2.23. The molecule has 1 atom stereocenters. The Morgan fingerprint density at radius 2 is 1.87 bits per heavy atom. The number of carbonyl (C=O) groups is 2. The molecule has 1 aliphatic rings. The number of carbonyl (C=O) groups excluding carboxylic acids is 2. The van der Waals surface area contributed by atoms with Crippen LogP contribution in [0.3, 0.4) is 0 Å². The van der Waals surface area contributed by atoms with Crippen LogP contribution in [0.1, 0.15) is 21.5 Å². The number of fused-ring (bicyclic) bond motifs is 1. The first-order valence-corrected chi connectivity index (χ1v) is 8.05. The molecule has 1 unspecified atom stereocenters. The number of amides is 3. The standard InChI is InChI=1S/C17H16BrN3O2/c18-13-5-4-10-7-15(9-12(10)6-13)20-16(22)11-2-1-3-14(8-11)21-17(19)23/h1-6,8,15H,7,9H2,(H,20,22)(H3,19,21,23). The van der Waals surface area contributed by atoms with E-state index in [0.717, 1.165) is 17.3 Å². The minimum atomic E-state index is -0.653. The SMILES string of the molecule is NC(=O)Nc1cccc(C(=O)NC2Cc3ccc(Br)cc3C2)c1. The van der Waals surface area contributed by atoms with Crippen LogP contribution >= 0.6 is 15.9 Å². The largest absolute Gasteiger partial charge is 0.351 e. The zero-order valence-corrected chi connectivity index (χ0v) is 13.9. The molecule has 0 fully saturated rings. The molecule has 0 saturated carbocycles. The molecule has 0 bridgehead atoms. The normalized spacial score (nSPS) is 15.8. The van der Waals surface area contributed by atoms with Crippen LogP contribution in [0.2, 0.25) is 0 Å². The summed E-state index contributed by atoms with van der Waals surface area (Å²) in [6.45, 7) is 0. The van der Waals surface area contributed by atoms with Gasteiger partial charge in [0.25, 0.3) is 5.91 Å². The number of nitrogens with two attached hydrogens (primary N) is 1. The number of hydrogen-bond acceptors (Lipinski definition) is 2. The molecule has 0 saturated heterocycles. The van der Waals surface area contributed by atoms with Crippen molar-refractivity contribution in [3.8, 4) is 0 Å². The first-order valence-electron chi connectivity index (χ1n) is 7.26. The maximum atomic E-state index is 12.4. The van der Waals surface area contributed by atoms with Crippen LogP contribution in [0.25, 0.3) is 0 Å². The number of hydrogen-bond donors (Lipinski definition) is 3. The summed E-state index contributed by atoms with van der Waals surface area (Å²) in [6, 6.07) is 12.3. The zero-order chi connectivity index (χ0) is 16.4.